The lowest BCUT2D eigenvalue weighted by atomic mass is 9.87. The van der Waals surface area contributed by atoms with Gasteiger partial charge in [0.2, 0.25) is 5.91 Å². The first-order valence-corrected chi connectivity index (χ1v) is 7.98. The lowest BCUT2D eigenvalue weighted by Crippen LogP contribution is -2.54. The Balaban J connectivity index is 1.64. The number of carbonyl (C=O) groups excluding carboxylic acids is 2. The van der Waals surface area contributed by atoms with Crippen molar-refractivity contribution in [3.8, 4) is 0 Å². The summed E-state index contributed by atoms with van der Waals surface area (Å²) in [7, 11) is 0. The fourth-order valence-corrected chi connectivity index (χ4v) is 3.38. The summed E-state index contributed by atoms with van der Waals surface area (Å²) in [5, 5.41) is 0. The van der Waals surface area contributed by atoms with E-state index in [0.29, 0.717) is 19.6 Å². The fourth-order valence-electron chi connectivity index (χ4n) is 3.38. The molecule has 1 aromatic rings. The first-order valence-electron chi connectivity index (χ1n) is 7.98. The number of amides is 1. The molecule has 0 saturated carbocycles. The highest BCUT2D eigenvalue weighted by Crippen LogP contribution is 2.33. The maximum absolute atomic E-state index is 12.5. The van der Waals surface area contributed by atoms with E-state index >= 15 is 0 Å². The van der Waals surface area contributed by atoms with Crippen LogP contribution in [0.2, 0.25) is 0 Å². The second-order valence-electron chi connectivity index (χ2n) is 6.50. The molecule has 0 radical (unpaired) electrons. The summed E-state index contributed by atoms with van der Waals surface area (Å²) in [4.78, 5) is 30.8. The number of carbonyl (C=O) groups is 2. The molecule has 2 saturated heterocycles. The smallest absolute Gasteiger partial charge is 0.242 e. The molecule has 1 amide bonds. The quantitative estimate of drug-likeness (QED) is 0.846. The topological polar surface area (TPSA) is 64.4 Å². The van der Waals surface area contributed by atoms with Crippen molar-refractivity contribution in [3.63, 3.8) is 0 Å². The summed E-state index contributed by atoms with van der Waals surface area (Å²) in [6, 6.07) is 0. The number of ether oxygens (including phenoxy) is 1. The summed E-state index contributed by atoms with van der Waals surface area (Å²) in [6.45, 7) is 5.77. The van der Waals surface area contributed by atoms with Crippen LogP contribution in [0.25, 0.3) is 0 Å². The number of hydrogen-bond donors (Lipinski definition) is 0. The molecule has 0 aliphatic carbocycles. The van der Waals surface area contributed by atoms with Gasteiger partial charge in [0.15, 0.2) is 5.78 Å². The Morgan fingerprint density at radius 3 is 2.91 bits per heavy atom. The van der Waals surface area contributed by atoms with Crippen LogP contribution in [-0.4, -0.2) is 51.4 Å². The number of Topliss-reactive ketones (excluding diaryl/α,β-unsaturated/α-hetero) is 1. The molecule has 120 valence electrons. The molecule has 0 N–H and O–H groups in total. The molecule has 1 aromatic heterocycles. The van der Waals surface area contributed by atoms with E-state index in [1.807, 2.05) is 10.8 Å². The summed E-state index contributed by atoms with van der Waals surface area (Å²) < 4.78 is 7.54. The molecule has 2 aliphatic rings. The van der Waals surface area contributed by atoms with Gasteiger partial charge in [0.05, 0.1) is 6.54 Å². The second-order valence-corrected chi connectivity index (χ2v) is 6.50. The van der Waals surface area contributed by atoms with Crippen LogP contribution >= 0.6 is 0 Å². The lowest BCUT2D eigenvalue weighted by molar-refractivity contribution is -0.153. The van der Waals surface area contributed by atoms with Crippen molar-refractivity contribution in [1.29, 1.82) is 0 Å². The van der Waals surface area contributed by atoms with Crippen LogP contribution < -0.4 is 0 Å². The third kappa shape index (κ3) is 2.67. The highest BCUT2D eigenvalue weighted by Gasteiger charge is 2.46. The predicted molar refractivity (Wildman–Crippen MR) is 80.4 cm³/mol. The number of imidazole rings is 1. The number of hydrogen-bond acceptors (Lipinski definition) is 4. The van der Waals surface area contributed by atoms with E-state index in [-0.39, 0.29) is 30.7 Å². The van der Waals surface area contributed by atoms with E-state index in [9.17, 15) is 9.59 Å². The molecule has 6 heteroatoms. The maximum atomic E-state index is 12.5. The zero-order valence-corrected chi connectivity index (χ0v) is 13.2. The van der Waals surface area contributed by atoms with E-state index in [1.54, 1.807) is 11.1 Å². The van der Waals surface area contributed by atoms with Gasteiger partial charge in [0.1, 0.15) is 18.0 Å². The van der Waals surface area contributed by atoms with Crippen molar-refractivity contribution in [2.45, 2.75) is 51.2 Å². The highest BCUT2D eigenvalue weighted by molar-refractivity contribution is 5.93. The Morgan fingerprint density at radius 1 is 1.45 bits per heavy atom. The van der Waals surface area contributed by atoms with Crippen LogP contribution in [-0.2, 0) is 20.9 Å². The third-order valence-electron chi connectivity index (χ3n) is 4.65. The number of ketones is 1. The van der Waals surface area contributed by atoms with E-state index in [4.69, 9.17) is 4.74 Å². The monoisotopic (exact) mass is 305 g/mol. The second kappa shape index (κ2) is 5.83. The normalized spacial score (nSPS) is 25.4. The van der Waals surface area contributed by atoms with Gasteiger partial charge in [-0.05, 0) is 12.8 Å². The van der Waals surface area contributed by atoms with Crippen LogP contribution in [0.15, 0.2) is 12.4 Å². The van der Waals surface area contributed by atoms with Gasteiger partial charge in [-0.15, -0.1) is 0 Å². The Labute approximate surface area is 130 Å². The molecule has 2 fully saturated rings. The van der Waals surface area contributed by atoms with Crippen molar-refractivity contribution in [3.05, 3.63) is 18.2 Å². The van der Waals surface area contributed by atoms with Crippen molar-refractivity contribution >= 4 is 11.7 Å². The molecule has 0 unspecified atom stereocenters. The Morgan fingerprint density at radius 2 is 2.27 bits per heavy atom. The number of rotatable bonds is 3. The van der Waals surface area contributed by atoms with Crippen LogP contribution in [0, 0.1) is 0 Å². The predicted octanol–water partition coefficient (Wildman–Crippen LogP) is 1.36. The number of likely N-dealkylation sites (tertiary alicyclic amines) is 1. The van der Waals surface area contributed by atoms with Crippen LogP contribution in [0.5, 0.6) is 0 Å². The molecule has 1 atom stereocenters. The lowest BCUT2D eigenvalue weighted by Gasteiger charge is -2.37. The number of aromatic nitrogens is 2. The molecule has 1 spiro atoms. The van der Waals surface area contributed by atoms with Crippen LogP contribution in [0.1, 0.15) is 44.9 Å². The molecule has 22 heavy (non-hydrogen) atoms. The number of piperidine rings is 1. The van der Waals surface area contributed by atoms with Gasteiger partial charge in [-0.1, -0.05) is 13.8 Å². The number of nitrogens with zero attached hydrogens (tertiary/aromatic N) is 3. The molecule has 0 aromatic carbocycles. The zero-order chi connectivity index (χ0) is 15.7. The third-order valence-corrected chi connectivity index (χ3v) is 4.65. The average Bonchev–Trinajstić information content (AvgIpc) is 3.12. The molecule has 0 bridgehead atoms. The van der Waals surface area contributed by atoms with Gasteiger partial charge in [-0.3, -0.25) is 9.59 Å². The Bertz CT molecular complexity index is 573. The summed E-state index contributed by atoms with van der Waals surface area (Å²) in [5.41, 5.74) is -0.602. The van der Waals surface area contributed by atoms with Crippen LogP contribution in [0.4, 0.5) is 0 Å². The van der Waals surface area contributed by atoms with Gasteiger partial charge < -0.3 is 14.2 Å². The van der Waals surface area contributed by atoms with Gasteiger partial charge in [0.25, 0.3) is 0 Å². The van der Waals surface area contributed by atoms with Crippen LogP contribution in [0.3, 0.4) is 0 Å². The first-order chi connectivity index (χ1) is 10.5. The zero-order valence-electron chi connectivity index (χ0n) is 13.2. The Hall–Kier alpha value is -1.69. The van der Waals surface area contributed by atoms with Gasteiger partial charge in [-0.25, -0.2) is 4.98 Å². The molecular formula is C16H23N3O3. The Kier molecular flexibility index (Phi) is 4.04. The summed E-state index contributed by atoms with van der Waals surface area (Å²) in [5.74, 6) is 1.19. The van der Waals surface area contributed by atoms with Gasteiger partial charge >= 0.3 is 0 Å². The molecule has 6 nitrogen and oxygen atoms in total. The van der Waals surface area contributed by atoms with Crippen molar-refractivity contribution in [2.75, 3.05) is 19.7 Å². The molecule has 2 aliphatic heterocycles. The highest BCUT2D eigenvalue weighted by atomic mass is 16.5. The van der Waals surface area contributed by atoms with E-state index < -0.39 is 5.60 Å². The maximum Gasteiger partial charge on any atom is 0.242 e. The molecule has 3 rings (SSSR count). The minimum atomic E-state index is -0.602. The van der Waals surface area contributed by atoms with Crippen molar-refractivity contribution < 1.29 is 14.3 Å². The average molecular weight is 305 g/mol. The summed E-state index contributed by atoms with van der Waals surface area (Å²) in [6.07, 6.45) is 5.89. The summed E-state index contributed by atoms with van der Waals surface area (Å²) >= 11 is 0. The minimum Gasteiger partial charge on any atom is -0.367 e. The first kappa shape index (κ1) is 15.2. The largest absolute Gasteiger partial charge is 0.367 e. The van der Waals surface area contributed by atoms with Gasteiger partial charge in [0, 0.05) is 37.9 Å². The van der Waals surface area contributed by atoms with Gasteiger partial charge in [-0.2, -0.15) is 0 Å². The van der Waals surface area contributed by atoms with E-state index in [1.165, 1.54) is 0 Å². The fraction of sp³-hybridized carbons (Fsp3) is 0.688. The minimum absolute atomic E-state index is 0.0268. The van der Waals surface area contributed by atoms with E-state index in [0.717, 1.165) is 18.7 Å². The van der Waals surface area contributed by atoms with Crippen molar-refractivity contribution in [1.82, 2.24) is 14.5 Å². The van der Waals surface area contributed by atoms with Crippen molar-refractivity contribution in [2.24, 2.45) is 0 Å². The van der Waals surface area contributed by atoms with E-state index in [2.05, 4.69) is 18.8 Å². The molecule has 3 heterocycles. The standard InChI is InChI=1S/C16H23N3O3/c1-12(2)15-17-6-8-19(15)11-14(21)18-7-5-16(13(20)10-18)4-3-9-22-16/h6,8,12H,3-5,7,9-11H2,1-2H3/t16-/m0/s1. The SMILES string of the molecule is CC(C)c1nccn1CC(=O)N1CC[C@@]2(CCCO2)C(=O)C1. The molecular weight excluding hydrogens is 282 g/mol.